The Morgan fingerprint density at radius 1 is 1.35 bits per heavy atom. The third-order valence-corrected chi connectivity index (χ3v) is 3.83. The molecule has 17 heavy (non-hydrogen) atoms. The number of hydrogen-bond donors (Lipinski definition) is 1. The minimum atomic E-state index is 0.317. The molecule has 0 saturated heterocycles. The van der Waals surface area contributed by atoms with Crippen LogP contribution >= 0.6 is 22.6 Å². The van der Waals surface area contributed by atoms with Crippen molar-refractivity contribution in [3.63, 3.8) is 0 Å². The summed E-state index contributed by atoms with van der Waals surface area (Å²) in [5.74, 6) is 1.15. The highest BCUT2D eigenvalue weighted by Crippen LogP contribution is 2.23. The third kappa shape index (κ3) is 2.26. The highest BCUT2D eigenvalue weighted by Gasteiger charge is 2.13. The number of halogens is 1. The second-order valence-electron chi connectivity index (χ2n) is 4.11. The van der Waals surface area contributed by atoms with Crippen molar-refractivity contribution < 1.29 is 0 Å². The molecule has 0 aliphatic heterocycles. The van der Waals surface area contributed by atoms with Crippen LogP contribution in [-0.2, 0) is 0 Å². The van der Waals surface area contributed by atoms with Gasteiger partial charge >= 0.3 is 0 Å². The summed E-state index contributed by atoms with van der Waals surface area (Å²) in [6.07, 6.45) is 3.55. The van der Waals surface area contributed by atoms with Crippen molar-refractivity contribution in [2.75, 3.05) is 5.73 Å². The second kappa shape index (κ2) is 4.59. The highest BCUT2D eigenvalue weighted by atomic mass is 127. The van der Waals surface area contributed by atoms with Gasteiger partial charge in [-0.1, -0.05) is 0 Å². The average molecular weight is 343 g/mol. The van der Waals surface area contributed by atoms with Crippen molar-refractivity contribution in [3.05, 3.63) is 21.8 Å². The van der Waals surface area contributed by atoms with Crippen LogP contribution in [0.4, 0.5) is 5.82 Å². The molecule has 0 unspecified atom stereocenters. The lowest BCUT2D eigenvalue weighted by Crippen LogP contribution is -2.06. The SMILES string of the molecule is Cc1nc(-c2cncn2C(C)C)nc(N)c1I. The molecule has 0 aromatic carbocycles. The summed E-state index contributed by atoms with van der Waals surface area (Å²) in [5.41, 5.74) is 7.65. The van der Waals surface area contributed by atoms with Crippen LogP contribution in [0.1, 0.15) is 25.6 Å². The lowest BCUT2D eigenvalue weighted by atomic mass is 10.3. The van der Waals surface area contributed by atoms with Crippen molar-refractivity contribution in [1.82, 2.24) is 19.5 Å². The van der Waals surface area contributed by atoms with Crippen LogP contribution < -0.4 is 5.73 Å². The first-order chi connectivity index (χ1) is 8.00. The van der Waals surface area contributed by atoms with Crippen LogP contribution in [0.5, 0.6) is 0 Å². The number of aryl methyl sites for hydroxylation is 1. The lowest BCUT2D eigenvalue weighted by Gasteiger charge is -2.11. The summed E-state index contributed by atoms with van der Waals surface area (Å²) in [4.78, 5) is 12.9. The largest absolute Gasteiger partial charge is 0.383 e. The van der Waals surface area contributed by atoms with Gasteiger partial charge < -0.3 is 10.3 Å². The molecule has 90 valence electrons. The van der Waals surface area contributed by atoms with Crippen LogP contribution in [0.3, 0.4) is 0 Å². The number of nitrogen functional groups attached to an aromatic ring is 1. The number of nitrogens with zero attached hydrogens (tertiary/aromatic N) is 4. The van der Waals surface area contributed by atoms with Crippen molar-refractivity contribution in [2.45, 2.75) is 26.8 Å². The first-order valence-corrected chi connectivity index (χ1v) is 6.40. The maximum absolute atomic E-state index is 5.87. The molecule has 0 fully saturated rings. The maximum atomic E-state index is 5.87. The summed E-state index contributed by atoms with van der Waals surface area (Å²) in [6, 6.07) is 0.317. The summed E-state index contributed by atoms with van der Waals surface area (Å²) in [5, 5.41) is 0. The molecule has 5 nitrogen and oxygen atoms in total. The molecule has 6 heteroatoms. The van der Waals surface area contributed by atoms with E-state index in [4.69, 9.17) is 5.73 Å². The van der Waals surface area contributed by atoms with Gasteiger partial charge in [-0.3, -0.25) is 0 Å². The van der Waals surface area contributed by atoms with Gasteiger partial charge in [0.2, 0.25) is 0 Å². The Morgan fingerprint density at radius 3 is 2.65 bits per heavy atom. The Labute approximate surface area is 114 Å². The first kappa shape index (κ1) is 12.3. The predicted molar refractivity (Wildman–Crippen MR) is 75.5 cm³/mol. The second-order valence-corrected chi connectivity index (χ2v) is 5.19. The van der Waals surface area contributed by atoms with Gasteiger partial charge in [-0.15, -0.1) is 0 Å². The van der Waals surface area contributed by atoms with Gasteiger partial charge in [-0.25, -0.2) is 15.0 Å². The minimum absolute atomic E-state index is 0.317. The molecule has 2 N–H and O–H groups in total. The number of anilines is 1. The molecule has 0 aliphatic rings. The summed E-state index contributed by atoms with van der Waals surface area (Å²) in [7, 11) is 0. The zero-order valence-corrected chi connectivity index (χ0v) is 12.1. The van der Waals surface area contributed by atoms with E-state index in [1.54, 1.807) is 12.5 Å². The molecule has 0 spiro atoms. The molecule has 0 amide bonds. The van der Waals surface area contributed by atoms with Gasteiger partial charge in [-0.2, -0.15) is 0 Å². The molecule has 0 aliphatic carbocycles. The fraction of sp³-hybridized carbons (Fsp3) is 0.364. The van der Waals surface area contributed by atoms with Crippen LogP contribution in [0, 0.1) is 10.5 Å². The van der Waals surface area contributed by atoms with Crippen molar-refractivity contribution >= 4 is 28.4 Å². The van der Waals surface area contributed by atoms with Crippen molar-refractivity contribution in [3.8, 4) is 11.5 Å². The molecule has 2 aromatic rings. The molecule has 2 rings (SSSR count). The van der Waals surface area contributed by atoms with Gasteiger partial charge in [-0.05, 0) is 43.4 Å². The van der Waals surface area contributed by atoms with Crippen LogP contribution in [0.2, 0.25) is 0 Å². The number of hydrogen-bond acceptors (Lipinski definition) is 4. The van der Waals surface area contributed by atoms with Gasteiger partial charge in [0, 0.05) is 6.04 Å². The van der Waals surface area contributed by atoms with Gasteiger partial charge in [0.25, 0.3) is 0 Å². The summed E-state index contributed by atoms with van der Waals surface area (Å²) >= 11 is 2.15. The standard InChI is InChI=1S/C11H14IN5/c1-6(2)17-5-14-4-8(17)11-15-7(3)9(12)10(13)16-11/h4-6H,1-3H3,(H2,13,15,16). The Kier molecular flexibility index (Phi) is 3.32. The smallest absolute Gasteiger partial charge is 0.180 e. The quantitative estimate of drug-likeness (QED) is 0.851. The topological polar surface area (TPSA) is 69.6 Å². The normalized spacial score (nSPS) is 11.1. The van der Waals surface area contributed by atoms with Crippen LogP contribution in [0.15, 0.2) is 12.5 Å². The highest BCUT2D eigenvalue weighted by molar-refractivity contribution is 14.1. The summed E-state index contributed by atoms with van der Waals surface area (Å²) < 4.78 is 2.93. The Balaban J connectivity index is 2.57. The molecule has 0 saturated carbocycles. The van der Waals surface area contributed by atoms with E-state index in [1.807, 2.05) is 11.5 Å². The van der Waals surface area contributed by atoms with E-state index in [1.165, 1.54) is 0 Å². The number of rotatable bonds is 2. The first-order valence-electron chi connectivity index (χ1n) is 5.32. The molecule has 2 aromatic heterocycles. The summed E-state index contributed by atoms with van der Waals surface area (Å²) in [6.45, 7) is 6.11. The van der Waals surface area contributed by atoms with Crippen molar-refractivity contribution in [2.24, 2.45) is 0 Å². The Hall–Kier alpha value is -1.18. The van der Waals surface area contributed by atoms with Crippen LogP contribution in [-0.4, -0.2) is 19.5 Å². The molecular formula is C11H14IN5. The molecule has 0 bridgehead atoms. The molecule has 0 atom stereocenters. The Morgan fingerprint density at radius 2 is 2.06 bits per heavy atom. The monoisotopic (exact) mass is 343 g/mol. The number of nitrogens with two attached hydrogens (primary N) is 1. The average Bonchev–Trinajstić information content (AvgIpc) is 2.74. The van der Waals surface area contributed by atoms with Gasteiger partial charge in [0.15, 0.2) is 5.82 Å². The van der Waals surface area contributed by atoms with E-state index in [2.05, 4.69) is 51.4 Å². The molecule has 0 radical (unpaired) electrons. The maximum Gasteiger partial charge on any atom is 0.180 e. The van der Waals surface area contributed by atoms with E-state index in [-0.39, 0.29) is 0 Å². The minimum Gasteiger partial charge on any atom is -0.383 e. The Bertz CT molecular complexity index is 524. The fourth-order valence-corrected chi connectivity index (χ4v) is 1.83. The zero-order chi connectivity index (χ0) is 12.6. The molecule has 2 heterocycles. The number of imidazole rings is 1. The van der Waals surface area contributed by atoms with Crippen LogP contribution in [0.25, 0.3) is 11.5 Å². The fourth-order valence-electron chi connectivity index (χ4n) is 1.59. The number of aromatic nitrogens is 4. The molecular weight excluding hydrogens is 329 g/mol. The van der Waals surface area contributed by atoms with E-state index >= 15 is 0 Å². The van der Waals surface area contributed by atoms with Crippen molar-refractivity contribution in [1.29, 1.82) is 0 Å². The van der Waals surface area contributed by atoms with Gasteiger partial charge in [0.05, 0.1) is 21.8 Å². The van der Waals surface area contributed by atoms with E-state index in [0.29, 0.717) is 17.7 Å². The van der Waals surface area contributed by atoms with Gasteiger partial charge in [0.1, 0.15) is 11.5 Å². The van der Waals surface area contributed by atoms with E-state index in [9.17, 15) is 0 Å². The third-order valence-electron chi connectivity index (χ3n) is 2.49. The zero-order valence-electron chi connectivity index (χ0n) is 9.98. The van der Waals surface area contributed by atoms with E-state index < -0.39 is 0 Å². The van der Waals surface area contributed by atoms with E-state index in [0.717, 1.165) is 15.0 Å². The lowest BCUT2D eigenvalue weighted by molar-refractivity contribution is 0.603. The predicted octanol–water partition coefficient (Wildman–Crippen LogP) is 2.42.